The highest BCUT2D eigenvalue weighted by Crippen LogP contribution is 2.33. The molecule has 220 valence electrons. The summed E-state index contributed by atoms with van der Waals surface area (Å²) in [5, 5.41) is 7.52. The minimum Gasteiger partial charge on any atom is -0.495 e. The van der Waals surface area contributed by atoms with Crippen LogP contribution in [0.4, 0.5) is 24.5 Å². The van der Waals surface area contributed by atoms with Crippen LogP contribution >= 0.6 is 0 Å². The molecule has 0 amide bonds. The van der Waals surface area contributed by atoms with Gasteiger partial charge in [-0.2, -0.15) is 13.2 Å². The Bertz CT molecular complexity index is 1600. The van der Waals surface area contributed by atoms with E-state index in [-0.39, 0.29) is 12.6 Å². The molecule has 2 aromatic heterocycles. The molecule has 1 aliphatic heterocycles. The molecule has 5 rings (SSSR count). The van der Waals surface area contributed by atoms with Crippen LogP contribution in [0, 0.1) is 11.8 Å². The van der Waals surface area contributed by atoms with Gasteiger partial charge >= 0.3 is 6.18 Å². The number of pyridine rings is 1. The summed E-state index contributed by atoms with van der Waals surface area (Å²) in [4.78, 5) is 6.48. The lowest BCUT2D eigenvalue weighted by atomic mass is 10.0. The average Bonchev–Trinajstić information content (AvgIpc) is 3.33. The molecule has 1 aliphatic rings. The summed E-state index contributed by atoms with van der Waals surface area (Å²) in [5.41, 5.74) is 4.14. The van der Waals surface area contributed by atoms with E-state index in [1.807, 2.05) is 30.3 Å². The molecule has 0 radical (unpaired) electrons. The number of methoxy groups -OCH3 is 2. The first-order valence-electron chi connectivity index (χ1n) is 13.8. The molecule has 0 atom stereocenters. The van der Waals surface area contributed by atoms with E-state index in [0.717, 1.165) is 48.1 Å². The van der Waals surface area contributed by atoms with Crippen LogP contribution in [-0.2, 0) is 6.54 Å². The summed E-state index contributed by atoms with van der Waals surface area (Å²) >= 11 is 0. The number of halogens is 3. The van der Waals surface area contributed by atoms with Crippen LogP contribution in [0.3, 0.4) is 0 Å². The van der Waals surface area contributed by atoms with Gasteiger partial charge in [0.05, 0.1) is 43.9 Å². The fourth-order valence-electron chi connectivity index (χ4n) is 5.22. The topological polar surface area (TPSA) is 63.6 Å². The maximum Gasteiger partial charge on any atom is 0.406 e. The SMILES string of the molecule is COc1cncc(-c2ccc(NCC#Cc3cc4c(NC5CCN(C)CC5)cccc4n3CC(F)(F)F)c(OC)c2)c1. The summed E-state index contributed by atoms with van der Waals surface area (Å²) in [5.74, 6) is 7.23. The number of hydrogen-bond acceptors (Lipinski definition) is 6. The van der Waals surface area contributed by atoms with Crippen molar-refractivity contribution in [2.45, 2.75) is 31.6 Å². The number of rotatable bonds is 8. The van der Waals surface area contributed by atoms with Gasteiger partial charge in [0, 0.05) is 28.9 Å². The fraction of sp³-hybridized carbons (Fsp3) is 0.344. The van der Waals surface area contributed by atoms with Gasteiger partial charge in [0.25, 0.3) is 0 Å². The summed E-state index contributed by atoms with van der Waals surface area (Å²) < 4.78 is 52.9. The number of ether oxygens (including phenoxy) is 2. The van der Waals surface area contributed by atoms with E-state index in [0.29, 0.717) is 28.4 Å². The molecular weight excluding hydrogens is 543 g/mol. The molecule has 0 unspecified atom stereocenters. The van der Waals surface area contributed by atoms with Crippen LogP contribution in [0.5, 0.6) is 11.5 Å². The summed E-state index contributed by atoms with van der Waals surface area (Å²) in [7, 11) is 5.26. The lowest BCUT2D eigenvalue weighted by Crippen LogP contribution is -2.36. The monoisotopic (exact) mass is 577 g/mol. The van der Waals surface area contributed by atoms with Crippen molar-refractivity contribution in [2.24, 2.45) is 0 Å². The molecule has 1 fully saturated rings. The van der Waals surface area contributed by atoms with Gasteiger partial charge in [-0.3, -0.25) is 4.98 Å². The van der Waals surface area contributed by atoms with Crippen molar-refractivity contribution in [1.82, 2.24) is 14.5 Å². The predicted molar refractivity (Wildman–Crippen MR) is 160 cm³/mol. The Kier molecular flexibility index (Phi) is 8.78. The van der Waals surface area contributed by atoms with Crippen LogP contribution in [0.2, 0.25) is 0 Å². The smallest absolute Gasteiger partial charge is 0.406 e. The second-order valence-electron chi connectivity index (χ2n) is 10.4. The van der Waals surface area contributed by atoms with Gasteiger partial charge in [-0.25, -0.2) is 0 Å². The van der Waals surface area contributed by atoms with Crippen molar-refractivity contribution >= 4 is 22.3 Å². The van der Waals surface area contributed by atoms with Gasteiger partial charge < -0.3 is 29.6 Å². The molecule has 7 nitrogen and oxygen atoms in total. The van der Waals surface area contributed by atoms with Gasteiger partial charge in [0.1, 0.15) is 18.0 Å². The molecule has 4 aromatic rings. The second kappa shape index (κ2) is 12.7. The zero-order valence-electron chi connectivity index (χ0n) is 23.9. The van der Waals surface area contributed by atoms with E-state index in [2.05, 4.69) is 39.4 Å². The lowest BCUT2D eigenvalue weighted by molar-refractivity contribution is -0.140. The van der Waals surface area contributed by atoms with Crippen LogP contribution in [-0.4, -0.2) is 67.6 Å². The number of likely N-dealkylation sites (tertiary alicyclic amines) is 1. The maximum atomic E-state index is 13.6. The largest absolute Gasteiger partial charge is 0.495 e. The third kappa shape index (κ3) is 6.92. The van der Waals surface area contributed by atoms with Crippen LogP contribution in [0.1, 0.15) is 18.5 Å². The predicted octanol–water partition coefficient (Wildman–Crippen LogP) is 6.25. The van der Waals surface area contributed by atoms with Crippen molar-refractivity contribution in [3.63, 3.8) is 0 Å². The highest BCUT2D eigenvalue weighted by Gasteiger charge is 2.30. The first kappa shape index (κ1) is 29.1. The molecule has 42 heavy (non-hydrogen) atoms. The number of nitrogens with one attached hydrogen (secondary N) is 2. The summed E-state index contributed by atoms with van der Waals surface area (Å²) in [6.45, 7) is 1.07. The number of anilines is 2. The number of alkyl halides is 3. The molecule has 0 aliphatic carbocycles. The zero-order chi connectivity index (χ0) is 29.7. The molecule has 0 bridgehead atoms. The number of benzene rings is 2. The molecule has 0 saturated carbocycles. The zero-order valence-corrected chi connectivity index (χ0v) is 23.9. The Balaban J connectivity index is 1.36. The van der Waals surface area contributed by atoms with Gasteiger partial charge in [-0.05, 0) is 80.9 Å². The van der Waals surface area contributed by atoms with Crippen molar-refractivity contribution < 1.29 is 22.6 Å². The molecule has 0 spiro atoms. The van der Waals surface area contributed by atoms with E-state index in [1.165, 1.54) is 4.57 Å². The summed E-state index contributed by atoms with van der Waals surface area (Å²) in [6, 6.07) is 15.0. The Morgan fingerprint density at radius 2 is 1.79 bits per heavy atom. The second-order valence-corrected chi connectivity index (χ2v) is 10.4. The van der Waals surface area contributed by atoms with Crippen LogP contribution in [0.25, 0.3) is 22.0 Å². The van der Waals surface area contributed by atoms with E-state index < -0.39 is 12.7 Å². The van der Waals surface area contributed by atoms with E-state index in [9.17, 15) is 13.2 Å². The maximum absolute atomic E-state index is 13.6. The molecule has 2 aromatic carbocycles. The number of hydrogen-bond donors (Lipinski definition) is 2. The number of piperidine rings is 1. The number of nitrogens with zero attached hydrogens (tertiary/aromatic N) is 3. The number of aromatic nitrogens is 2. The molecular formula is C32H34F3N5O2. The average molecular weight is 578 g/mol. The van der Waals surface area contributed by atoms with Gasteiger partial charge in [0.2, 0.25) is 0 Å². The Morgan fingerprint density at radius 3 is 2.52 bits per heavy atom. The first-order chi connectivity index (χ1) is 20.2. The number of fused-ring (bicyclic) bond motifs is 1. The van der Waals surface area contributed by atoms with Crippen molar-refractivity contribution in [3.05, 3.63) is 66.6 Å². The van der Waals surface area contributed by atoms with Gasteiger partial charge in [-0.15, -0.1) is 0 Å². The quantitative estimate of drug-likeness (QED) is 0.242. The summed E-state index contributed by atoms with van der Waals surface area (Å²) in [6.07, 6.45) is 0.955. The Morgan fingerprint density at radius 1 is 0.976 bits per heavy atom. The first-order valence-corrected chi connectivity index (χ1v) is 13.8. The highest BCUT2D eigenvalue weighted by atomic mass is 19.4. The van der Waals surface area contributed by atoms with E-state index >= 15 is 0 Å². The molecule has 2 N–H and O–H groups in total. The lowest BCUT2D eigenvalue weighted by Gasteiger charge is -2.30. The third-order valence-corrected chi connectivity index (χ3v) is 7.43. The minimum atomic E-state index is -4.38. The van der Waals surface area contributed by atoms with E-state index in [1.54, 1.807) is 44.8 Å². The standard InChI is InChI=1S/C32H34F3N5O2/c1-39-14-11-24(12-15-39)38-28-7-4-8-30-27(28)18-25(40(30)21-32(33,34)35)6-5-13-37-29-10-9-22(17-31(29)42-3)23-16-26(41-2)20-36-19-23/h4,7-10,16-20,24,37-38H,11-15,21H2,1-3H3. The molecule has 3 heterocycles. The van der Waals surface area contributed by atoms with Crippen molar-refractivity contribution in [3.8, 4) is 34.5 Å². The van der Waals surface area contributed by atoms with Crippen LogP contribution in [0.15, 0.2) is 60.9 Å². The Hall–Kier alpha value is -4.36. The molecule has 1 saturated heterocycles. The normalized spacial score (nSPS) is 14.3. The van der Waals surface area contributed by atoms with Gasteiger partial charge in [-0.1, -0.05) is 18.1 Å². The van der Waals surface area contributed by atoms with Crippen molar-refractivity contribution in [2.75, 3.05) is 51.5 Å². The highest BCUT2D eigenvalue weighted by molar-refractivity contribution is 5.94. The van der Waals surface area contributed by atoms with Crippen LogP contribution < -0.4 is 20.1 Å². The molecule has 10 heteroatoms. The minimum absolute atomic E-state index is 0.213. The fourth-order valence-corrected chi connectivity index (χ4v) is 5.22. The third-order valence-electron chi connectivity index (χ3n) is 7.43. The van der Waals surface area contributed by atoms with Gasteiger partial charge in [0.15, 0.2) is 0 Å². The van der Waals surface area contributed by atoms with E-state index in [4.69, 9.17) is 9.47 Å². The Labute approximate surface area is 243 Å². The van der Waals surface area contributed by atoms with Crippen molar-refractivity contribution in [1.29, 1.82) is 0 Å².